The minimum absolute atomic E-state index is 0.290. The van der Waals surface area contributed by atoms with Crippen LogP contribution in [-0.4, -0.2) is 10.9 Å². The lowest BCUT2D eigenvalue weighted by Crippen LogP contribution is -2.15. The second-order valence-electron chi connectivity index (χ2n) is 4.34. The summed E-state index contributed by atoms with van der Waals surface area (Å²) >= 11 is 11.8. The van der Waals surface area contributed by atoms with Crippen LogP contribution in [0.3, 0.4) is 0 Å². The molecule has 0 aliphatic heterocycles. The van der Waals surface area contributed by atoms with E-state index in [0.717, 1.165) is 5.69 Å². The van der Waals surface area contributed by atoms with Crippen molar-refractivity contribution in [3.8, 4) is 0 Å². The number of nitrogen functional groups attached to an aromatic ring is 1. The third kappa shape index (κ3) is 4.07. The fourth-order valence-electron chi connectivity index (χ4n) is 1.80. The Morgan fingerprint density at radius 3 is 2.43 bits per heavy atom. The molecule has 0 aliphatic rings. The van der Waals surface area contributed by atoms with Gasteiger partial charge in [-0.05, 0) is 36.8 Å². The van der Waals surface area contributed by atoms with Crippen LogP contribution in [-0.2, 0) is 6.42 Å². The largest absolute Gasteiger partial charge is 0.322 e. The number of carbonyl (C=O) groups is 1. The molecule has 2 aromatic rings. The molecule has 1 heterocycles. The third-order valence-electron chi connectivity index (χ3n) is 2.77. The summed E-state index contributed by atoms with van der Waals surface area (Å²) in [5.41, 5.74) is 4.18. The maximum absolute atomic E-state index is 12.3. The third-order valence-corrected chi connectivity index (χ3v) is 3.21. The number of nitrogens with zero attached hydrogens (tertiary/aromatic N) is 1. The molecule has 0 saturated heterocycles. The molecule has 0 bridgehead atoms. The Kier molecular flexibility index (Phi) is 5.01. The first kappa shape index (κ1) is 15.6. The summed E-state index contributed by atoms with van der Waals surface area (Å²) in [4.78, 5) is 16.5. The van der Waals surface area contributed by atoms with Crippen molar-refractivity contribution in [1.82, 2.24) is 4.98 Å². The Morgan fingerprint density at radius 1 is 1.19 bits per heavy atom. The number of anilines is 2. The molecule has 0 spiro atoms. The highest BCUT2D eigenvalue weighted by atomic mass is 35.5. The first-order chi connectivity index (χ1) is 10.0. The molecular formula is C14H14Cl2N4O. The van der Waals surface area contributed by atoms with Gasteiger partial charge in [0, 0.05) is 27.0 Å². The normalized spacial score (nSPS) is 10.3. The standard InChI is InChI=1S/C14H14Cl2N4O/c1-2-11-3-8(4-13(18-11)20-17)14(21)19-12-6-9(15)5-10(16)7-12/h3-7H,2,17H2,1H3,(H,18,20)(H,19,21). The van der Waals surface area contributed by atoms with E-state index < -0.39 is 0 Å². The molecule has 0 fully saturated rings. The molecule has 2 rings (SSSR count). The molecule has 1 aromatic heterocycles. The SMILES string of the molecule is CCc1cc(C(=O)Nc2cc(Cl)cc(Cl)c2)cc(NN)n1. The topological polar surface area (TPSA) is 80.0 Å². The van der Waals surface area contributed by atoms with Gasteiger partial charge in [-0.3, -0.25) is 4.79 Å². The number of rotatable bonds is 4. The second kappa shape index (κ2) is 6.76. The van der Waals surface area contributed by atoms with E-state index in [4.69, 9.17) is 29.0 Å². The van der Waals surface area contributed by atoms with Crippen LogP contribution >= 0.6 is 23.2 Å². The van der Waals surface area contributed by atoms with Crippen molar-refractivity contribution in [3.05, 3.63) is 51.6 Å². The molecule has 1 amide bonds. The number of carbonyl (C=O) groups excluding carboxylic acids is 1. The van der Waals surface area contributed by atoms with Gasteiger partial charge in [-0.25, -0.2) is 10.8 Å². The molecule has 0 atom stereocenters. The molecule has 21 heavy (non-hydrogen) atoms. The smallest absolute Gasteiger partial charge is 0.255 e. The average molecular weight is 325 g/mol. The summed E-state index contributed by atoms with van der Waals surface area (Å²) < 4.78 is 0. The van der Waals surface area contributed by atoms with E-state index in [1.807, 2.05) is 6.92 Å². The fraction of sp³-hybridized carbons (Fsp3) is 0.143. The van der Waals surface area contributed by atoms with Crippen LogP contribution in [0.25, 0.3) is 0 Å². The average Bonchev–Trinajstić information content (AvgIpc) is 2.45. The highest BCUT2D eigenvalue weighted by Crippen LogP contribution is 2.23. The van der Waals surface area contributed by atoms with Crippen molar-refractivity contribution in [3.63, 3.8) is 0 Å². The number of hydrogen-bond donors (Lipinski definition) is 3. The minimum Gasteiger partial charge on any atom is -0.322 e. The molecule has 110 valence electrons. The van der Waals surface area contributed by atoms with Crippen LogP contribution in [0.15, 0.2) is 30.3 Å². The molecular weight excluding hydrogens is 311 g/mol. The molecule has 7 heteroatoms. The Hall–Kier alpha value is -1.82. The lowest BCUT2D eigenvalue weighted by molar-refractivity contribution is 0.102. The number of benzene rings is 1. The Labute approximate surface area is 132 Å². The van der Waals surface area contributed by atoms with Gasteiger partial charge in [0.2, 0.25) is 0 Å². The van der Waals surface area contributed by atoms with E-state index in [2.05, 4.69) is 15.7 Å². The van der Waals surface area contributed by atoms with Crippen LogP contribution < -0.4 is 16.6 Å². The lowest BCUT2D eigenvalue weighted by atomic mass is 10.1. The number of pyridine rings is 1. The predicted octanol–water partition coefficient (Wildman–Crippen LogP) is 3.49. The van der Waals surface area contributed by atoms with Crippen molar-refractivity contribution in [2.75, 3.05) is 10.7 Å². The Bertz CT molecular complexity index is 634. The highest BCUT2D eigenvalue weighted by Gasteiger charge is 2.10. The van der Waals surface area contributed by atoms with Gasteiger partial charge < -0.3 is 10.7 Å². The van der Waals surface area contributed by atoms with Crippen molar-refractivity contribution < 1.29 is 4.79 Å². The van der Waals surface area contributed by atoms with E-state index >= 15 is 0 Å². The fourth-order valence-corrected chi connectivity index (χ4v) is 2.33. The van der Waals surface area contributed by atoms with E-state index in [1.54, 1.807) is 30.3 Å². The molecule has 0 aliphatic carbocycles. The molecule has 0 saturated carbocycles. The van der Waals surface area contributed by atoms with E-state index in [-0.39, 0.29) is 5.91 Å². The van der Waals surface area contributed by atoms with Gasteiger partial charge in [-0.1, -0.05) is 30.1 Å². The summed E-state index contributed by atoms with van der Waals surface area (Å²) in [5, 5.41) is 3.64. The van der Waals surface area contributed by atoms with Gasteiger partial charge in [-0.15, -0.1) is 0 Å². The van der Waals surface area contributed by atoms with Crippen molar-refractivity contribution >= 4 is 40.6 Å². The number of amides is 1. The number of halogens is 2. The van der Waals surface area contributed by atoms with E-state index in [1.165, 1.54) is 0 Å². The molecule has 4 N–H and O–H groups in total. The van der Waals surface area contributed by atoms with Gasteiger partial charge >= 0.3 is 0 Å². The zero-order chi connectivity index (χ0) is 15.4. The zero-order valence-electron chi connectivity index (χ0n) is 11.3. The van der Waals surface area contributed by atoms with Crippen LogP contribution in [0.4, 0.5) is 11.5 Å². The van der Waals surface area contributed by atoms with Crippen LogP contribution in [0.2, 0.25) is 10.0 Å². The number of aryl methyl sites for hydroxylation is 1. The number of hydrogen-bond acceptors (Lipinski definition) is 4. The number of aromatic nitrogens is 1. The number of hydrazine groups is 1. The molecule has 5 nitrogen and oxygen atoms in total. The maximum atomic E-state index is 12.3. The monoisotopic (exact) mass is 324 g/mol. The van der Waals surface area contributed by atoms with Crippen molar-refractivity contribution in [2.45, 2.75) is 13.3 Å². The summed E-state index contributed by atoms with van der Waals surface area (Å²) in [6.45, 7) is 1.95. The van der Waals surface area contributed by atoms with Gasteiger partial charge in [-0.2, -0.15) is 0 Å². The first-order valence-corrected chi connectivity index (χ1v) is 7.02. The molecule has 0 radical (unpaired) electrons. The van der Waals surface area contributed by atoms with E-state index in [9.17, 15) is 4.79 Å². The van der Waals surface area contributed by atoms with Gasteiger partial charge in [0.1, 0.15) is 5.82 Å². The van der Waals surface area contributed by atoms with Crippen molar-refractivity contribution in [2.24, 2.45) is 5.84 Å². The van der Waals surface area contributed by atoms with Crippen molar-refractivity contribution in [1.29, 1.82) is 0 Å². The predicted molar refractivity (Wildman–Crippen MR) is 85.8 cm³/mol. The Morgan fingerprint density at radius 2 is 1.86 bits per heavy atom. The van der Waals surface area contributed by atoms with E-state index in [0.29, 0.717) is 33.5 Å². The first-order valence-electron chi connectivity index (χ1n) is 6.27. The lowest BCUT2D eigenvalue weighted by Gasteiger charge is -2.09. The van der Waals surface area contributed by atoms with Crippen LogP contribution in [0, 0.1) is 0 Å². The number of nitrogens with two attached hydrogens (primary N) is 1. The van der Waals surface area contributed by atoms with Crippen LogP contribution in [0.5, 0.6) is 0 Å². The highest BCUT2D eigenvalue weighted by molar-refractivity contribution is 6.35. The zero-order valence-corrected chi connectivity index (χ0v) is 12.8. The van der Waals surface area contributed by atoms with Gasteiger partial charge in [0.15, 0.2) is 0 Å². The molecule has 1 aromatic carbocycles. The summed E-state index contributed by atoms with van der Waals surface area (Å²) in [5.74, 6) is 5.50. The van der Waals surface area contributed by atoms with Gasteiger partial charge in [0.25, 0.3) is 5.91 Å². The minimum atomic E-state index is -0.290. The summed E-state index contributed by atoms with van der Waals surface area (Å²) in [6.07, 6.45) is 0.693. The Balaban J connectivity index is 2.27. The quantitative estimate of drug-likeness (QED) is 0.594. The van der Waals surface area contributed by atoms with Crippen LogP contribution in [0.1, 0.15) is 23.0 Å². The maximum Gasteiger partial charge on any atom is 0.255 e. The summed E-state index contributed by atoms with van der Waals surface area (Å²) in [7, 11) is 0. The number of nitrogens with one attached hydrogen (secondary N) is 2. The second-order valence-corrected chi connectivity index (χ2v) is 5.22. The molecule has 0 unspecified atom stereocenters. The summed E-state index contributed by atoms with van der Waals surface area (Å²) in [6, 6.07) is 8.12. The van der Waals surface area contributed by atoms with Gasteiger partial charge in [0.05, 0.1) is 0 Å².